The van der Waals surface area contributed by atoms with E-state index in [1.54, 1.807) is 18.2 Å². The van der Waals surface area contributed by atoms with Crippen molar-refractivity contribution in [3.8, 4) is 22.8 Å². The van der Waals surface area contributed by atoms with Crippen LogP contribution < -0.4 is 10.1 Å². The van der Waals surface area contributed by atoms with Gasteiger partial charge in [0.1, 0.15) is 16.7 Å². The fourth-order valence-electron chi connectivity index (χ4n) is 2.34. The normalized spacial score (nSPS) is 11.8. The van der Waals surface area contributed by atoms with Crippen LogP contribution in [0.3, 0.4) is 0 Å². The van der Waals surface area contributed by atoms with Gasteiger partial charge in [0.15, 0.2) is 11.5 Å². The number of hydrogen-bond donors (Lipinski definition) is 2. The molecule has 1 heterocycles. The molecule has 0 spiro atoms. The molecule has 0 radical (unpaired) electrons. The van der Waals surface area contributed by atoms with Crippen LogP contribution in [0.4, 0.5) is 0 Å². The third-order valence-electron chi connectivity index (χ3n) is 3.47. The van der Waals surface area contributed by atoms with E-state index in [1.807, 2.05) is 25.1 Å². The fraction of sp³-hybridized carbons (Fsp3) is 0.118. The minimum absolute atomic E-state index is 0.0507. The Kier molecular flexibility index (Phi) is 3.47. The SMILES string of the molecule is COc1cc(-c2c/c(=N\O)c3cc(C)ccc3o2)ccc1O. The first-order chi connectivity index (χ1) is 10.6. The first kappa shape index (κ1) is 14.0. The molecule has 0 atom stereocenters. The molecule has 0 aliphatic carbocycles. The van der Waals surface area contributed by atoms with Gasteiger partial charge >= 0.3 is 0 Å². The van der Waals surface area contributed by atoms with Crippen LogP contribution in [0.25, 0.3) is 22.3 Å². The maximum absolute atomic E-state index is 9.67. The van der Waals surface area contributed by atoms with Crippen LogP contribution in [0.15, 0.2) is 52.0 Å². The highest BCUT2D eigenvalue weighted by molar-refractivity contribution is 5.79. The zero-order valence-corrected chi connectivity index (χ0v) is 12.2. The molecule has 2 N–H and O–H groups in total. The van der Waals surface area contributed by atoms with Crippen molar-refractivity contribution in [2.75, 3.05) is 7.11 Å². The zero-order valence-electron chi connectivity index (χ0n) is 12.2. The molecular formula is C17H15NO4. The smallest absolute Gasteiger partial charge is 0.161 e. The lowest BCUT2D eigenvalue weighted by Crippen LogP contribution is -2.03. The van der Waals surface area contributed by atoms with Gasteiger partial charge < -0.3 is 19.5 Å². The molecule has 5 nitrogen and oxygen atoms in total. The van der Waals surface area contributed by atoms with Crippen molar-refractivity contribution < 1.29 is 19.5 Å². The Bertz CT molecular complexity index is 912. The summed E-state index contributed by atoms with van der Waals surface area (Å²) in [6, 6.07) is 12.2. The van der Waals surface area contributed by atoms with E-state index >= 15 is 0 Å². The van der Waals surface area contributed by atoms with Crippen LogP contribution in [-0.2, 0) is 0 Å². The Morgan fingerprint density at radius 2 is 1.91 bits per heavy atom. The van der Waals surface area contributed by atoms with Gasteiger partial charge in [0.2, 0.25) is 0 Å². The maximum atomic E-state index is 9.67. The molecule has 3 rings (SSSR count). The summed E-state index contributed by atoms with van der Waals surface area (Å²) in [4.78, 5) is 0. The summed E-state index contributed by atoms with van der Waals surface area (Å²) in [5.41, 5.74) is 2.37. The predicted octanol–water partition coefficient (Wildman–Crippen LogP) is 3.41. The number of benzene rings is 2. The third-order valence-corrected chi connectivity index (χ3v) is 3.47. The summed E-state index contributed by atoms with van der Waals surface area (Å²) >= 11 is 0. The highest BCUT2D eigenvalue weighted by Gasteiger charge is 2.09. The van der Waals surface area contributed by atoms with E-state index in [0.29, 0.717) is 28.0 Å². The molecule has 112 valence electrons. The van der Waals surface area contributed by atoms with Gasteiger partial charge in [0, 0.05) is 17.0 Å². The standard InChI is InChI=1S/C17H15NO4/c1-10-3-6-15-12(7-10)13(18-20)9-16(22-15)11-4-5-14(19)17(8-11)21-2/h3-9,19-20H,1-2H3/b18-13+. The van der Waals surface area contributed by atoms with Gasteiger partial charge in [-0.2, -0.15) is 0 Å². The fourth-order valence-corrected chi connectivity index (χ4v) is 2.34. The minimum Gasteiger partial charge on any atom is -0.504 e. The molecular weight excluding hydrogens is 282 g/mol. The zero-order chi connectivity index (χ0) is 15.7. The van der Waals surface area contributed by atoms with Crippen molar-refractivity contribution in [2.24, 2.45) is 5.16 Å². The number of phenols is 1. The average Bonchev–Trinajstić information content (AvgIpc) is 2.54. The number of methoxy groups -OCH3 is 1. The molecule has 0 fully saturated rings. The van der Waals surface area contributed by atoms with E-state index in [-0.39, 0.29) is 5.75 Å². The van der Waals surface area contributed by atoms with Crippen LogP contribution >= 0.6 is 0 Å². The van der Waals surface area contributed by atoms with E-state index in [1.165, 1.54) is 13.2 Å². The Morgan fingerprint density at radius 1 is 1.09 bits per heavy atom. The Labute approximate surface area is 126 Å². The minimum atomic E-state index is 0.0507. The summed E-state index contributed by atoms with van der Waals surface area (Å²) in [5.74, 6) is 0.913. The van der Waals surface area contributed by atoms with Crippen molar-refractivity contribution in [1.82, 2.24) is 0 Å². The quantitative estimate of drug-likeness (QED) is 0.561. The largest absolute Gasteiger partial charge is 0.504 e. The topological polar surface area (TPSA) is 75.2 Å². The van der Waals surface area contributed by atoms with Crippen molar-refractivity contribution in [2.45, 2.75) is 6.92 Å². The van der Waals surface area contributed by atoms with Crippen molar-refractivity contribution >= 4 is 11.0 Å². The first-order valence-corrected chi connectivity index (χ1v) is 6.72. The second-order valence-corrected chi connectivity index (χ2v) is 4.98. The van der Waals surface area contributed by atoms with E-state index in [0.717, 1.165) is 10.9 Å². The van der Waals surface area contributed by atoms with Gasteiger partial charge in [-0.05, 0) is 37.3 Å². The van der Waals surface area contributed by atoms with Gasteiger partial charge in [0.25, 0.3) is 0 Å². The summed E-state index contributed by atoms with van der Waals surface area (Å²) < 4.78 is 11.0. The second kappa shape index (κ2) is 5.44. The van der Waals surface area contributed by atoms with Gasteiger partial charge in [0.05, 0.1) is 7.11 Å². The molecule has 0 unspecified atom stereocenters. The molecule has 0 saturated carbocycles. The maximum Gasteiger partial charge on any atom is 0.161 e. The number of aryl methyl sites for hydroxylation is 1. The van der Waals surface area contributed by atoms with Crippen LogP contribution in [0.5, 0.6) is 11.5 Å². The Hall–Kier alpha value is -2.95. The summed E-state index contributed by atoms with van der Waals surface area (Å²) in [6.07, 6.45) is 0. The molecule has 1 aromatic heterocycles. The van der Waals surface area contributed by atoms with Crippen LogP contribution in [0, 0.1) is 6.92 Å². The molecule has 0 aliphatic heterocycles. The van der Waals surface area contributed by atoms with Gasteiger partial charge in [-0.1, -0.05) is 16.8 Å². The van der Waals surface area contributed by atoms with E-state index in [4.69, 9.17) is 9.15 Å². The van der Waals surface area contributed by atoms with Gasteiger partial charge in [-0.25, -0.2) is 0 Å². The Morgan fingerprint density at radius 3 is 2.64 bits per heavy atom. The highest BCUT2D eigenvalue weighted by atomic mass is 16.5. The van der Waals surface area contributed by atoms with Crippen molar-refractivity contribution in [3.63, 3.8) is 0 Å². The Balaban J connectivity index is 2.26. The van der Waals surface area contributed by atoms with Crippen molar-refractivity contribution in [1.29, 1.82) is 0 Å². The van der Waals surface area contributed by atoms with Gasteiger partial charge in [-0.3, -0.25) is 0 Å². The molecule has 22 heavy (non-hydrogen) atoms. The molecule has 0 bridgehead atoms. The van der Waals surface area contributed by atoms with E-state index in [2.05, 4.69) is 5.16 Å². The number of rotatable bonds is 2. The molecule has 0 amide bonds. The summed E-state index contributed by atoms with van der Waals surface area (Å²) in [5, 5.41) is 23.4. The third kappa shape index (κ3) is 2.37. The van der Waals surface area contributed by atoms with Crippen LogP contribution in [-0.4, -0.2) is 17.4 Å². The number of hydrogen-bond acceptors (Lipinski definition) is 5. The number of nitrogens with zero attached hydrogens (tertiary/aromatic N) is 1. The summed E-state index contributed by atoms with van der Waals surface area (Å²) in [7, 11) is 1.48. The summed E-state index contributed by atoms with van der Waals surface area (Å²) in [6.45, 7) is 1.96. The lowest BCUT2D eigenvalue weighted by Gasteiger charge is -2.08. The highest BCUT2D eigenvalue weighted by Crippen LogP contribution is 2.32. The van der Waals surface area contributed by atoms with E-state index in [9.17, 15) is 10.3 Å². The number of aromatic hydroxyl groups is 1. The number of ether oxygens (including phenoxy) is 1. The van der Waals surface area contributed by atoms with Crippen LogP contribution in [0.2, 0.25) is 0 Å². The second-order valence-electron chi connectivity index (χ2n) is 4.98. The predicted molar refractivity (Wildman–Crippen MR) is 82.0 cm³/mol. The molecule has 5 heteroatoms. The monoisotopic (exact) mass is 297 g/mol. The molecule has 3 aromatic rings. The van der Waals surface area contributed by atoms with Gasteiger partial charge in [-0.15, -0.1) is 0 Å². The molecule has 0 saturated heterocycles. The average molecular weight is 297 g/mol. The lowest BCUT2D eigenvalue weighted by atomic mass is 10.1. The number of phenolic OH excluding ortho intramolecular Hbond substituents is 1. The van der Waals surface area contributed by atoms with Crippen molar-refractivity contribution in [3.05, 3.63) is 53.4 Å². The molecule has 2 aromatic carbocycles. The lowest BCUT2D eigenvalue weighted by molar-refractivity contribution is 0.302. The van der Waals surface area contributed by atoms with Crippen LogP contribution in [0.1, 0.15) is 5.56 Å². The van der Waals surface area contributed by atoms with E-state index < -0.39 is 0 Å². The molecule has 0 aliphatic rings. The first-order valence-electron chi connectivity index (χ1n) is 6.72. The number of fused-ring (bicyclic) bond motifs is 1.